The molecule has 3 aromatic carbocycles. The first-order chi connectivity index (χ1) is 15.0. The highest BCUT2D eigenvalue weighted by atomic mass is 35.5. The molecule has 1 N–H and O–H groups in total. The summed E-state index contributed by atoms with van der Waals surface area (Å²) in [7, 11) is 1.56. The van der Waals surface area contributed by atoms with Gasteiger partial charge in [0.25, 0.3) is 5.91 Å². The fraction of sp³-hybridized carbons (Fsp3) is 0.0833. The van der Waals surface area contributed by atoms with E-state index in [4.69, 9.17) is 32.7 Å². The van der Waals surface area contributed by atoms with E-state index in [0.717, 1.165) is 5.56 Å². The molecule has 0 atom stereocenters. The van der Waals surface area contributed by atoms with Gasteiger partial charge in [-0.2, -0.15) is 5.26 Å². The van der Waals surface area contributed by atoms with Gasteiger partial charge >= 0.3 is 0 Å². The van der Waals surface area contributed by atoms with Crippen molar-refractivity contribution in [3.05, 3.63) is 93.5 Å². The third-order valence-electron chi connectivity index (χ3n) is 4.29. The Bertz CT molecular complexity index is 1130. The SMILES string of the molecule is COc1ccc(NC(=O)/C(C#N)=C/c2cc(Cl)ccc2OCc2ccc(Cl)cc2)cc1. The number of halogens is 2. The zero-order valence-corrected chi connectivity index (χ0v) is 18.1. The van der Waals surface area contributed by atoms with E-state index in [1.54, 1.807) is 61.7 Å². The van der Waals surface area contributed by atoms with E-state index in [1.807, 2.05) is 18.2 Å². The van der Waals surface area contributed by atoms with Crippen molar-refractivity contribution in [3.8, 4) is 17.6 Å². The van der Waals surface area contributed by atoms with Crippen molar-refractivity contribution >= 4 is 40.9 Å². The van der Waals surface area contributed by atoms with Gasteiger partial charge in [-0.3, -0.25) is 4.79 Å². The summed E-state index contributed by atoms with van der Waals surface area (Å²) >= 11 is 12.0. The second-order valence-electron chi connectivity index (χ2n) is 6.45. The molecule has 0 fully saturated rings. The van der Waals surface area contributed by atoms with E-state index >= 15 is 0 Å². The fourth-order valence-corrected chi connectivity index (χ4v) is 2.99. The van der Waals surface area contributed by atoms with Crippen molar-refractivity contribution in [2.24, 2.45) is 0 Å². The number of amides is 1. The summed E-state index contributed by atoms with van der Waals surface area (Å²) in [5.74, 6) is 0.607. The molecule has 0 aliphatic carbocycles. The van der Waals surface area contributed by atoms with E-state index in [0.29, 0.717) is 39.4 Å². The third kappa shape index (κ3) is 6.26. The maximum atomic E-state index is 12.6. The molecule has 1 amide bonds. The van der Waals surface area contributed by atoms with Gasteiger partial charge in [0, 0.05) is 21.3 Å². The van der Waals surface area contributed by atoms with Crippen LogP contribution < -0.4 is 14.8 Å². The average molecular weight is 453 g/mol. The summed E-state index contributed by atoms with van der Waals surface area (Å²) in [4.78, 5) is 12.6. The van der Waals surface area contributed by atoms with Crippen LogP contribution in [0.3, 0.4) is 0 Å². The Hall–Kier alpha value is -3.46. The Kier molecular flexibility index (Phi) is 7.55. The molecule has 0 saturated heterocycles. The molecular weight excluding hydrogens is 435 g/mol. The first-order valence-electron chi connectivity index (χ1n) is 9.22. The summed E-state index contributed by atoms with van der Waals surface area (Å²) < 4.78 is 11.0. The van der Waals surface area contributed by atoms with Gasteiger partial charge < -0.3 is 14.8 Å². The largest absolute Gasteiger partial charge is 0.497 e. The van der Waals surface area contributed by atoms with Crippen LogP contribution >= 0.6 is 23.2 Å². The van der Waals surface area contributed by atoms with Crippen molar-refractivity contribution in [1.82, 2.24) is 0 Å². The highest BCUT2D eigenvalue weighted by molar-refractivity contribution is 6.31. The smallest absolute Gasteiger partial charge is 0.266 e. The van der Waals surface area contributed by atoms with Gasteiger partial charge in [-0.15, -0.1) is 0 Å². The predicted octanol–water partition coefficient (Wildman–Crippen LogP) is 6.13. The van der Waals surface area contributed by atoms with Gasteiger partial charge in [0.15, 0.2) is 0 Å². The molecule has 5 nitrogen and oxygen atoms in total. The predicted molar refractivity (Wildman–Crippen MR) is 122 cm³/mol. The van der Waals surface area contributed by atoms with Crippen LogP contribution in [0.5, 0.6) is 11.5 Å². The van der Waals surface area contributed by atoms with Crippen LogP contribution in [0.1, 0.15) is 11.1 Å². The number of methoxy groups -OCH3 is 1. The first kappa shape index (κ1) is 22.2. The molecule has 31 heavy (non-hydrogen) atoms. The lowest BCUT2D eigenvalue weighted by atomic mass is 10.1. The molecule has 0 heterocycles. The minimum absolute atomic E-state index is 0.0885. The van der Waals surface area contributed by atoms with Crippen LogP contribution in [-0.4, -0.2) is 13.0 Å². The molecular formula is C24H18Cl2N2O3. The van der Waals surface area contributed by atoms with E-state index < -0.39 is 5.91 Å². The molecule has 0 unspecified atom stereocenters. The van der Waals surface area contributed by atoms with Gasteiger partial charge in [-0.25, -0.2) is 0 Å². The average Bonchev–Trinajstić information content (AvgIpc) is 2.78. The quantitative estimate of drug-likeness (QED) is 0.345. The Morgan fingerprint density at radius 2 is 1.71 bits per heavy atom. The Morgan fingerprint density at radius 3 is 2.35 bits per heavy atom. The number of carbonyl (C=O) groups excluding carboxylic acids is 1. The van der Waals surface area contributed by atoms with Gasteiger partial charge in [-0.05, 0) is 66.2 Å². The van der Waals surface area contributed by atoms with E-state index in [2.05, 4.69) is 5.32 Å². The number of carbonyl (C=O) groups is 1. The van der Waals surface area contributed by atoms with Gasteiger partial charge in [0.2, 0.25) is 0 Å². The molecule has 7 heteroatoms. The topological polar surface area (TPSA) is 71.3 Å². The molecule has 3 rings (SSSR count). The number of hydrogen-bond acceptors (Lipinski definition) is 4. The van der Waals surface area contributed by atoms with Crippen molar-refractivity contribution in [2.75, 3.05) is 12.4 Å². The lowest BCUT2D eigenvalue weighted by Gasteiger charge is -2.11. The number of benzene rings is 3. The minimum atomic E-state index is -0.545. The second-order valence-corrected chi connectivity index (χ2v) is 7.32. The van der Waals surface area contributed by atoms with Crippen LogP contribution in [0.4, 0.5) is 5.69 Å². The number of rotatable bonds is 7. The molecule has 0 bridgehead atoms. The van der Waals surface area contributed by atoms with Crippen LogP contribution in [0.2, 0.25) is 10.0 Å². The summed E-state index contributed by atoms with van der Waals surface area (Å²) in [6, 6.07) is 21.0. The lowest BCUT2D eigenvalue weighted by molar-refractivity contribution is -0.112. The number of ether oxygens (including phenoxy) is 2. The Labute approximate surface area is 190 Å². The third-order valence-corrected chi connectivity index (χ3v) is 4.78. The zero-order chi connectivity index (χ0) is 22.2. The maximum absolute atomic E-state index is 12.6. The summed E-state index contributed by atoms with van der Waals surface area (Å²) in [6.07, 6.45) is 1.45. The normalized spacial score (nSPS) is 10.8. The first-order valence-corrected chi connectivity index (χ1v) is 9.98. The molecule has 0 saturated carbocycles. The second kappa shape index (κ2) is 10.5. The highest BCUT2D eigenvalue weighted by Crippen LogP contribution is 2.27. The zero-order valence-electron chi connectivity index (χ0n) is 16.6. The van der Waals surface area contributed by atoms with E-state index in [-0.39, 0.29) is 5.57 Å². The van der Waals surface area contributed by atoms with Crippen molar-refractivity contribution < 1.29 is 14.3 Å². The summed E-state index contributed by atoms with van der Waals surface area (Å²) in [5, 5.41) is 13.3. The van der Waals surface area contributed by atoms with E-state index in [1.165, 1.54) is 6.08 Å². The van der Waals surface area contributed by atoms with Crippen LogP contribution in [0.15, 0.2) is 72.3 Å². The lowest BCUT2D eigenvalue weighted by Crippen LogP contribution is -2.13. The highest BCUT2D eigenvalue weighted by Gasteiger charge is 2.12. The van der Waals surface area contributed by atoms with Crippen molar-refractivity contribution in [3.63, 3.8) is 0 Å². The molecule has 156 valence electrons. The van der Waals surface area contributed by atoms with Crippen LogP contribution in [-0.2, 0) is 11.4 Å². The van der Waals surface area contributed by atoms with Crippen molar-refractivity contribution in [1.29, 1.82) is 5.26 Å². The number of anilines is 1. The molecule has 0 aliphatic heterocycles. The van der Waals surface area contributed by atoms with Gasteiger partial charge in [-0.1, -0.05) is 35.3 Å². The minimum Gasteiger partial charge on any atom is -0.497 e. The molecule has 0 aliphatic rings. The maximum Gasteiger partial charge on any atom is 0.266 e. The number of nitriles is 1. The number of hydrogen-bond donors (Lipinski definition) is 1. The standard InChI is InChI=1S/C24H18Cl2N2O3/c1-30-22-9-7-21(8-10-22)28-24(29)18(14-27)12-17-13-20(26)6-11-23(17)31-15-16-2-4-19(25)5-3-16/h2-13H,15H2,1H3,(H,28,29)/b18-12+. The summed E-state index contributed by atoms with van der Waals surface area (Å²) in [6.45, 7) is 0.291. The van der Waals surface area contributed by atoms with Gasteiger partial charge in [0.1, 0.15) is 29.7 Å². The van der Waals surface area contributed by atoms with Crippen LogP contribution in [0.25, 0.3) is 6.08 Å². The molecule has 3 aromatic rings. The van der Waals surface area contributed by atoms with Crippen LogP contribution in [0, 0.1) is 11.3 Å². The molecule has 0 spiro atoms. The number of nitrogens with zero attached hydrogens (tertiary/aromatic N) is 1. The van der Waals surface area contributed by atoms with Crippen molar-refractivity contribution in [2.45, 2.75) is 6.61 Å². The summed E-state index contributed by atoms with van der Waals surface area (Å²) in [5.41, 5.74) is 1.89. The Balaban J connectivity index is 1.80. The van der Waals surface area contributed by atoms with Gasteiger partial charge in [0.05, 0.1) is 7.11 Å². The molecule has 0 radical (unpaired) electrons. The Morgan fingerprint density at radius 1 is 1.03 bits per heavy atom. The monoisotopic (exact) mass is 452 g/mol. The van der Waals surface area contributed by atoms with E-state index in [9.17, 15) is 10.1 Å². The number of nitrogens with one attached hydrogen (secondary N) is 1. The fourth-order valence-electron chi connectivity index (χ4n) is 2.68. The molecule has 0 aromatic heterocycles.